The Morgan fingerprint density at radius 1 is 1.50 bits per heavy atom. The molecule has 84 valence electrons. The molecule has 0 bridgehead atoms. The zero-order valence-electron chi connectivity index (χ0n) is 10.0. The summed E-state index contributed by atoms with van der Waals surface area (Å²) in [6.45, 7) is 8.16. The maximum absolute atomic E-state index is 11.6. The number of rotatable bonds is 6. The van der Waals surface area contributed by atoms with E-state index in [2.05, 4.69) is 26.1 Å². The summed E-state index contributed by atoms with van der Waals surface area (Å²) in [5.74, 6) is -0.167. The summed E-state index contributed by atoms with van der Waals surface area (Å²) < 4.78 is 4.81. The number of nitrogens with one attached hydrogen (secondary N) is 1. The molecule has 0 amide bonds. The van der Waals surface area contributed by atoms with Crippen LogP contribution in [0.5, 0.6) is 0 Å². The molecule has 0 aromatic carbocycles. The molecule has 0 fully saturated rings. The Labute approximate surface area is 87.2 Å². The topological polar surface area (TPSA) is 38.3 Å². The minimum Gasteiger partial charge on any atom is -0.468 e. The van der Waals surface area contributed by atoms with Gasteiger partial charge in [-0.25, -0.2) is 0 Å². The van der Waals surface area contributed by atoms with Crippen LogP contribution in [0.25, 0.3) is 0 Å². The summed E-state index contributed by atoms with van der Waals surface area (Å²) >= 11 is 0. The molecule has 0 aliphatic rings. The molecule has 0 heterocycles. The number of methoxy groups -OCH3 is 1. The zero-order chi connectivity index (χ0) is 11.2. The van der Waals surface area contributed by atoms with E-state index >= 15 is 0 Å². The third-order valence-electron chi connectivity index (χ3n) is 2.56. The number of esters is 1. The Balaban J connectivity index is 4.45. The first-order chi connectivity index (χ1) is 6.50. The van der Waals surface area contributed by atoms with Gasteiger partial charge in [0.15, 0.2) is 0 Å². The maximum atomic E-state index is 11.6. The SMILES string of the molecule is CCCC(C)(NC(C)CC)C(=O)OC. The predicted octanol–water partition coefficient (Wildman–Crippen LogP) is 2.11. The van der Waals surface area contributed by atoms with Crippen LogP contribution in [-0.2, 0) is 9.53 Å². The van der Waals surface area contributed by atoms with Gasteiger partial charge in [0.25, 0.3) is 0 Å². The molecule has 0 aromatic rings. The van der Waals surface area contributed by atoms with Crippen LogP contribution in [-0.4, -0.2) is 24.7 Å². The third-order valence-corrected chi connectivity index (χ3v) is 2.56. The lowest BCUT2D eigenvalue weighted by molar-refractivity contribution is -0.148. The average molecular weight is 201 g/mol. The standard InChI is InChI=1S/C11H23NO2/c1-6-8-11(4,10(13)14-5)12-9(3)7-2/h9,12H,6-8H2,1-5H3. The lowest BCUT2D eigenvalue weighted by Crippen LogP contribution is -2.53. The Hall–Kier alpha value is -0.570. The van der Waals surface area contributed by atoms with Gasteiger partial charge in [0.1, 0.15) is 5.54 Å². The Kier molecular flexibility index (Phi) is 5.77. The summed E-state index contributed by atoms with van der Waals surface area (Å²) in [6.07, 6.45) is 2.79. The second-order valence-corrected chi connectivity index (χ2v) is 4.03. The van der Waals surface area contributed by atoms with Crippen LogP contribution in [0, 0.1) is 0 Å². The molecule has 3 heteroatoms. The van der Waals surface area contributed by atoms with E-state index in [0.717, 1.165) is 19.3 Å². The lowest BCUT2D eigenvalue weighted by Gasteiger charge is -2.30. The molecule has 1 N–H and O–H groups in total. The van der Waals surface area contributed by atoms with Crippen molar-refractivity contribution in [2.24, 2.45) is 0 Å². The van der Waals surface area contributed by atoms with Crippen LogP contribution in [0.2, 0.25) is 0 Å². The monoisotopic (exact) mass is 201 g/mol. The highest BCUT2D eigenvalue weighted by Gasteiger charge is 2.33. The van der Waals surface area contributed by atoms with E-state index in [1.165, 1.54) is 7.11 Å². The Morgan fingerprint density at radius 3 is 2.43 bits per heavy atom. The molecule has 2 unspecified atom stereocenters. The molecule has 0 rings (SSSR count). The summed E-state index contributed by atoms with van der Waals surface area (Å²) in [6, 6.07) is 0.339. The van der Waals surface area contributed by atoms with Gasteiger partial charge < -0.3 is 4.74 Å². The molecular formula is C11H23NO2. The number of hydrogen-bond donors (Lipinski definition) is 1. The fourth-order valence-electron chi connectivity index (χ4n) is 1.60. The second kappa shape index (κ2) is 6.02. The lowest BCUT2D eigenvalue weighted by atomic mass is 9.95. The van der Waals surface area contributed by atoms with Crippen molar-refractivity contribution in [3.63, 3.8) is 0 Å². The van der Waals surface area contributed by atoms with E-state index in [-0.39, 0.29) is 5.97 Å². The minimum absolute atomic E-state index is 0.167. The second-order valence-electron chi connectivity index (χ2n) is 4.03. The minimum atomic E-state index is -0.529. The van der Waals surface area contributed by atoms with E-state index < -0.39 is 5.54 Å². The molecule has 0 aromatic heterocycles. The highest BCUT2D eigenvalue weighted by Crippen LogP contribution is 2.15. The summed E-state index contributed by atoms with van der Waals surface area (Å²) in [4.78, 5) is 11.6. The first-order valence-corrected chi connectivity index (χ1v) is 5.36. The van der Waals surface area contributed by atoms with Crippen molar-refractivity contribution >= 4 is 5.97 Å². The fraction of sp³-hybridized carbons (Fsp3) is 0.909. The summed E-state index contributed by atoms with van der Waals surface area (Å²) in [7, 11) is 1.44. The van der Waals surface area contributed by atoms with E-state index in [9.17, 15) is 4.79 Å². The van der Waals surface area contributed by atoms with Gasteiger partial charge in [-0.15, -0.1) is 0 Å². The molecule has 3 nitrogen and oxygen atoms in total. The van der Waals surface area contributed by atoms with Crippen molar-refractivity contribution in [2.75, 3.05) is 7.11 Å². The van der Waals surface area contributed by atoms with Crippen LogP contribution in [0.3, 0.4) is 0 Å². The summed E-state index contributed by atoms with van der Waals surface area (Å²) in [5, 5.41) is 3.32. The van der Waals surface area contributed by atoms with Crippen molar-refractivity contribution < 1.29 is 9.53 Å². The highest BCUT2D eigenvalue weighted by atomic mass is 16.5. The van der Waals surface area contributed by atoms with Crippen LogP contribution in [0.1, 0.15) is 47.0 Å². The van der Waals surface area contributed by atoms with Gasteiger partial charge in [-0.1, -0.05) is 20.3 Å². The molecular weight excluding hydrogens is 178 g/mol. The smallest absolute Gasteiger partial charge is 0.325 e. The largest absolute Gasteiger partial charge is 0.468 e. The van der Waals surface area contributed by atoms with Gasteiger partial charge in [0.05, 0.1) is 7.11 Å². The average Bonchev–Trinajstić information content (AvgIpc) is 2.16. The van der Waals surface area contributed by atoms with Gasteiger partial charge in [-0.2, -0.15) is 0 Å². The molecule has 0 saturated heterocycles. The quantitative estimate of drug-likeness (QED) is 0.669. The van der Waals surface area contributed by atoms with Crippen LogP contribution in [0.4, 0.5) is 0 Å². The third kappa shape index (κ3) is 3.66. The van der Waals surface area contributed by atoms with Crippen molar-refractivity contribution in [3.05, 3.63) is 0 Å². The summed E-state index contributed by atoms with van der Waals surface area (Å²) in [5.41, 5.74) is -0.529. The first-order valence-electron chi connectivity index (χ1n) is 5.36. The van der Waals surface area contributed by atoms with E-state index in [4.69, 9.17) is 4.74 Å². The first kappa shape index (κ1) is 13.4. The number of ether oxygens (including phenoxy) is 1. The van der Waals surface area contributed by atoms with Gasteiger partial charge >= 0.3 is 5.97 Å². The van der Waals surface area contributed by atoms with E-state index in [1.54, 1.807) is 0 Å². The highest BCUT2D eigenvalue weighted by molar-refractivity contribution is 5.80. The van der Waals surface area contributed by atoms with Gasteiger partial charge in [0, 0.05) is 6.04 Å². The van der Waals surface area contributed by atoms with Gasteiger partial charge in [-0.3, -0.25) is 10.1 Å². The van der Waals surface area contributed by atoms with Crippen molar-refractivity contribution in [1.82, 2.24) is 5.32 Å². The molecule has 0 saturated carbocycles. The molecule has 0 spiro atoms. The zero-order valence-corrected chi connectivity index (χ0v) is 10.0. The van der Waals surface area contributed by atoms with E-state index in [1.807, 2.05) is 6.92 Å². The molecule has 2 atom stereocenters. The Bertz CT molecular complexity index is 182. The number of hydrogen-bond acceptors (Lipinski definition) is 3. The number of carbonyl (C=O) groups is 1. The molecule has 0 aliphatic carbocycles. The van der Waals surface area contributed by atoms with Crippen LogP contribution in [0.15, 0.2) is 0 Å². The van der Waals surface area contributed by atoms with Gasteiger partial charge in [-0.05, 0) is 26.7 Å². The molecule has 0 aliphatic heterocycles. The normalized spacial score (nSPS) is 17.2. The van der Waals surface area contributed by atoms with E-state index in [0.29, 0.717) is 6.04 Å². The van der Waals surface area contributed by atoms with Crippen molar-refractivity contribution in [2.45, 2.75) is 58.5 Å². The van der Waals surface area contributed by atoms with Crippen molar-refractivity contribution in [3.8, 4) is 0 Å². The van der Waals surface area contributed by atoms with Crippen LogP contribution < -0.4 is 5.32 Å². The fourth-order valence-corrected chi connectivity index (χ4v) is 1.60. The number of carbonyl (C=O) groups excluding carboxylic acids is 1. The molecule has 14 heavy (non-hydrogen) atoms. The van der Waals surface area contributed by atoms with Gasteiger partial charge in [0.2, 0.25) is 0 Å². The predicted molar refractivity (Wildman–Crippen MR) is 58.2 cm³/mol. The van der Waals surface area contributed by atoms with Crippen LogP contribution >= 0.6 is 0 Å². The van der Waals surface area contributed by atoms with Crippen molar-refractivity contribution in [1.29, 1.82) is 0 Å². The molecule has 0 radical (unpaired) electrons. The maximum Gasteiger partial charge on any atom is 0.325 e. The Morgan fingerprint density at radius 2 is 2.07 bits per heavy atom.